The number of fused-ring (bicyclic) bond motifs is 1. The van der Waals surface area contributed by atoms with E-state index in [1.54, 1.807) is 0 Å². The summed E-state index contributed by atoms with van der Waals surface area (Å²) in [5.74, 6) is 0.923. The summed E-state index contributed by atoms with van der Waals surface area (Å²) in [6.45, 7) is 2.83. The smallest absolute Gasteiger partial charge is 0.104 e. The highest BCUT2D eigenvalue weighted by atomic mass is 16.3. The van der Waals surface area contributed by atoms with E-state index >= 15 is 0 Å². The Balaban J connectivity index is 2.04. The number of aromatic amines is 1. The summed E-state index contributed by atoms with van der Waals surface area (Å²) in [7, 11) is 0. The molecule has 4 nitrogen and oxygen atoms in total. The van der Waals surface area contributed by atoms with Crippen LogP contribution in [-0.4, -0.2) is 27.7 Å². The number of benzene rings is 1. The van der Waals surface area contributed by atoms with Crippen LogP contribution in [0, 0.1) is 6.92 Å². The first kappa shape index (κ1) is 9.81. The largest absolute Gasteiger partial charge is 0.391 e. The van der Waals surface area contributed by atoms with Gasteiger partial charge < -0.3 is 15.4 Å². The van der Waals surface area contributed by atoms with Gasteiger partial charge in [-0.1, -0.05) is 6.07 Å². The zero-order chi connectivity index (χ0) is 11.1. The zero-order valence-electron chi connectivity index (χ0n) is 9.20. The number of aryl methyl sites for hydroxylation is 1. The Morgan fingerprint density at radius 2 is 2.31 bits per heavy atom. The van der Waals surface area contributed by atoms with E-state index in [2.05, 4.69) is 21.4 Å². The Morgan fingerprint density at radius 3 is 3.06 bits per heavy atom. The SMILES string of the molecule is Cc1nc2ccc(C3NCCC3O)cc2[nH]1. The molecule has 84 valence electrons. The second kappa shape index (κ2) is 3.57. The summed E-state index contributed by atoms with van der Waals surface area (Å²) in [4.78, 5) is 7.58. The number of nitrogens with zero attached hydrogens (tertiary/aromatic N) is 1. The van der Waals surface area contributed by atoms with Crippen LogP contribution in [0.2, 0.25) is 0 Å². The molecule has 3 rings (SSSR count). The molecule has 16 heavy (non-hydrogen) atoms. The number of H-pyrrole nitrogens is 1. The maximum atomic E-state index is 9.83. The minimum Gasteiger partial charge on any atom is -0.391 e. The van der Waals surface area contributed by atoms with Gasteiger partial charge in [0.15, 0.2) is 0 Å². The van der Waals surface area contributed by atoms with Crippen molar-refractivity contribution in [3.63, 3.8) is 0 Å². The lowest BCUT2D eigenvalue weighted by Crippen LogP contribution is -2.20. The number of hydrogen-bond donors (Lipinski definition) is 3. The average molecular weight is 217 g/mol. The van der Waals surface area contributed by atoms with Crippen molar-refractivity contribution in [1.82, 2.24) is 15.3 Å². The molecule has 2 unspecified atom stereocenters. The Morgan fingerprint density at radius 1 is 1.44 bits per heavy atom. The molecule has 1 fully saturated rings. The lowest BCUT2D eigenvalue weighted by atomic mass is 10.0. The molecule has 2 atom stereocenters. The quantitative estimate of drug-likeness (QED) is 0.674. The summed E-state index contributed by atoms with van der Waals surface area (Å²) in [5, 5.41) is 13.1. The van der Waals surface area contributed by atoms with Gasteiger partial charge in [0.2, 0.25) is 0 Å². The van der Waals surface area contributed by atoms with Crippen LogP contribution < -0.4 is 5.32 Å². The van der Waals surface area contributed by atoms with Crippen molar-refractivity contribution in [3.05, 3.63) is 29.6 Å². The van der Waals surface area contributed by atoms with Crippen LogP contribution in [0.4, 0.5) is 0 Å². The van der Waals surface area contributed by atoms with E-state index in [4.69, 9.17) is 0 Å². The molecule has 0 aliphatic carbocycles. The van der Waals surface area contributed by atoms with Gasteiger partial charge >= 0.3 is 0 Å². The van der Waals surface area contributed by atoms with Gasteiger partial charge in [-0.25, -0.2) is 4.98 Å². The predicted octanol–water partition coefficient (Wildman–Crippen LogP) is 1.27. The molecule has 0 amide bonds. The first-order valence-electron chi connectivity index (χ1n) is 5.62. The Kier molecular flexibility index (Phi) is 2.19. The molecule has 0 saturated carbocycles. The van der Waals surface area contributed by atoms with Crippen molar-refractivity contribution in [1.29, 1.82) is 0 Å². The molecular weight excluding hydrogens is 202 g/mol. The maximum absolute atomic E-state index is 9.83. The monoisotopic (exact) mass is 217 g/mol. The van der Waals surface area contributed by atoms with Gasteiger partial charge in [0.05, 0.1) is 23.2 Å². The summed E-state index contributed by atoms with van der Waals surface area (Å²) in [5.41, 5.74) is 3.14. The Bertz CT molecular complexity index is 520. The highest BCUT2D eigenvalue weighted by Gasteiger charge is 2.26. The van der Waals surface area contributed by atoms with Crippen LogP contribution in [0.25, 0.3) is 11.0 Å². The van der Waals surface area contributed by atoms with Gasteiger partial charge in [-0.2, -0.15) is 0 Å². The van der Waals surface area contributed by atoms with E-state index < -0.39 is 0 Å². The van der Waals surface area contributed by atoms with E-state index in [1.165, 1.54) is 0 Å². The highest BCUT2D eigenvalue weighted by molar-refractivity contribution is 5.76. The second-order valence-corrected chi connectivity index (χ2v) is 4.39. The standard InChI is InChI=1S/C12H15N3O/c1-7-14-9-3-2-8(6-10(9)15-7)12-11(16)4-5-13-12/h2-3,6,11-13,16H,4-5H2,1H3,(H,14,15). The van der Waals surface area contributed by atoms with Crippen molar-refractivity contribution >= 4 is 11.0 Å². The van der Waals surface area contributed by atoms with Gasteiger partial charge in [0.25, 0.3) is 0 Å². The topological polar surface area (TPSA) is 60.9 Å². The molecular formula is C12H15N3O. The van der Waals surface area contributed by atoms with Crippen LogP contribution in [0.1, 0.15) is 23.9 Å². The first-order chi connectivity index (χ1) is 7.74. The number of nitrogens with one attached hydrogen (secondary N) is 2. The lowest BCUT2D eigenvalue weighted by Gasteiger charge is -2.14. The van der Waals surface area contributed by atoms with E-state index in [9.17, 15) is 5.11 Å². The summed E-state index contributed by atoms with van der Waals surface area (Å²) in [6, 6.07) is 6.17. The molecule has 0 spiro atoms. The third kappa shape index (κ3) is 1.50. The first-order valence-corrected chi connectivity index (χ1v) is 5.62. The summed E-state index contributed by atoms with van der Waals surface area (Å²) in [6.07, 6.45) is 0.548. The van der Waals surface area contributed by atoms with Gasteiger partial charge in [-0.3, -0.25) is 0 Å². The summed E-state index contributed by atoms with van der Waals surface area (Å²) < 4.78 is 0. The number of aliphatic hydroxyl groups is 1. The molecule has 1 aliphatic rings. The molecule has 2 aromatic rings. The van der Waals surface area contributed by atoms with E-state index in [0.29, 0.717) is 0 Å². The number of aliphatic hydroxyl groups excluding tert-OH is 1. The van der Waals surface area contributed by atoms with E-state index in [0.717, 1.165) is 35.4 Å². The van der Waals surface area contributed by atoms with Crippen LogP contribution in [0.3, 0.4) is 0 Å². The fourth-order valence-electron chi connectivity index (χ4n) is 2.38. The molecule has 4 heteroatoms. The molecule has 3 N–H and O–H groups in total. The fourth-order valence-corrected chi connectivity index (χ4v) is 2.38. The Labute approximate surface area is 93.7 Å². The molecule has 1 aliphatic heterocycles. The van der Waals surface area contributed by atoms with Crippen molar-refractivity contribution in [3.8, 4) is 0 Å². The normalized spacial score (nSPS) is 25.4. The van der Waals surface area contributed by atoms with Crippen molar-refractivity contribution in [2.75, 3.05) is 6.54 Å². The van der Waals surface area contributed by atoms with Gasteiger partial charge in [0.1, 0.15) is 5.82 Å². The van der Waals surface area contributed by atoms with Crippen molar-refractivity contribution in [2.24, 2.45) is 0 Å². The van der Waals surface area contributed by atoms with Crippen LogP contribution >= 0.6 is 0 Å². The number of aromatic nitrogens is 2. The number of imidazole rings is 1. The summed E-state index contributed by atoms with van der Waals surface area (Å²) >= 11 is 0. The molecule has 0 radical (unpaired) electrons. The number of hydrogen-bond acceptors (Lipinski definition) is 3. The van der Waals surface area contributed by atoms with Gasteiger partial charge in [-0.15, -0.1) is 0 Å². The highest BCUT2D eigenvalue weighted by Crippen LogP contribution is 2.25. The molecule has 2 heterocycles. The molecule has 1 aromatic carbocycles. The lowest BCUT2D eigenvalue weighted by molar-refractivity contribution is 0.160. The van der Waals surface area contributed by atoms with E-state index in [-0.39, 0.29) is 12.1 Å². The van der Waals surface area contributed by atoms with Crippen molar-refractivity contribution in [2.45, 2.75) is 25.5 Å². The maximum Gasteiger partial charge on any atom is 0.104 e. The number of rotatable bonds is 1. The third-order valence-electron chi connectivity index (χ3n) is 3.17. The van der Waals surface area contributed by atoms with Crippen LogP contribution in [0.15, 0.2) is 18.2 Å². The van der Waals surface area contributed by atoms with E-state index in [1.807, 2.05) is 19.1 Å². The minimum atomic E-state index is -0.276. The molecule has 0 bridgehead atoms. The van der Waals surface area contributed by atoms with Gasteiger partial charge in [0, 0.05) is 0 Å². The fraction of sp³-hybridized carbons (Fsp3) is 0.417. The third-order valence-corrected chi connectivity index (χ3v) is 3.17. The van der Waals surface area contributed by atoms with Crippen molar-refractivity contribution < 1.29 is 5.11 Å². The predicted molar refractivity (Wildman–Crippen MR) is 62.2 cm³/mol. The minimum absolute atomic E-state index is 0.0630. The van der Waals surface area contributed by atoms with Gasteiger partial charge in [-0.05, 0) is 37.6 Å². The average Bonchev–Trinajstić information content (AvgIpc) is 2.81. The van der Waals surface area contributed by atoms with Crippen LogP contribution in [-0.2, 0) is 0 Å². The Hall–Kier alpha value is -1.39. The second-order valence-electron chi connectivity index (χ2n) is 4.39. The molecule has 1 saturated heterocycles. The van der Waals surface area contributed by atoms with Crippen LogP contribution in [0.5, 0.6) is 0 Å². The molecule has 1 aromatic heterocycles. The zero-order valence-corrected chi connectivity index (χ0v) is 9.20.